The quantitative estimate of drug-likeness (QED) is 0.0520. The summed E-state index contributed by atoms with van der Waals surface area (Å²) in [5.41, 5.74) is 8.55. The topological polar surface area (TPSA) is 346 Å². The van der Waals surface area contributed by atoms with Crippen molar-refractivity contribution < 1.29 is 48.5 Å². The van der Waals surface area contributed by atoms with Crippen LogP contribution in [0.25, 0.3) is 43.4 Å². The van der Waals surface area contributed by atoms with E-state index in [1.165, 1.54) is 70.8 Å². The Morgan fingerprint density at radius 2 is 1.48 bits per heavy atom. The number of thiazole rings is 6. The zero-order valence-electron chi connectivity index (χ0n) is 45.1. The number of aliphatic hydroxyl groups excluding tert-OH is 1. The first kappa shape index (κ1) is 60.1. The largest absolute Gasteiger partial charge is 0.481 e. The molecule has 23 nitrogen and oxygen atoms in total. The van der Waals surface area contributed by atoms with Gasteiger partial charge in [0, 0.05) is 71.4 Å². The molecule has 29 heteroatoms. The number of Topliss-reactive ketones (excluding diaryl/α,β-unsaturated/α-hetero) is 1. The van der Waals surface area contributed by atoms with Crippen LogP contribution in [0.2, 0.25) is 0 Å². The molecule has 7 aromatic heterocycles. The molecule has 10 bridgehead atoms. The Morgan fingerprint density at radius 3 is 2.22 bits per heavy atom. The van der Waals surface area contributed by atoms with Crippen LogP contribution in [0.1, 0.15) is 125 Å². The van der Waals surface area contributed by atoms with Crippen LogP contribution < -0.4 is 32.3 Å². The summed E-state index contributed by atoms with van der Waals surface area (Å²) < 4.78 is 5.46. The van der Waals surface area contributed by atoms with Crippen molar-refractivity contribution in [1.82, 2.24) is 56.2 Å². The van der Waals surface area contributed by atoms with Gasteiger partial charge in [0.15, 0.2) is 5.78 Å². The molecule has 1 aliphatic heterocycles. The predicted molar refractivity (Wildman–Crippen MR) is 316 cm³/mol. The lowest BCUT2D eigenvalue weighted by Gasteiger charge is -2.23. The number of aromatic nitrogens is 7. The SMILES string of the molecule is CNC(=O)C[C@@H]1NC(=O)c2csc(n2)-c2ccc(-c3nc(NC(=O)[C@H](CN)CCC(=O)O)cs3)nc2-c2csc(n2)-c2csc(n2)[C@H]([C@@H](O)c2ccccc2)NC(=O)CNC(=O)c2nc(sc2COC)[C@H](C(C)C)CC(=O)c2nc1sc2C. The number of anilines is 1. The number of hydrogen-bond acceptors (Lipinski definition) is 23. The van der Waals surface area contributed by atoms with Gasteiger partial charge in [-0.05, 0) is 37.0 Å². The lowest BCUT2D eigenvalue weighted by molar-refractivity contribution is -0.137. The third-order valence-corrected chi connectivity index (χ3v) is 19.0. The minimum Gasteiger partial charge on any atom is -0.481 e. The smallest absolute Gasteiger partial charge is 0.303 e. The monoisotopic (exact) mass is 1240 g/mol. The summed E-state index contributed by atoms with van der Waals surface area (Å²) >= 11 is 7.19. The third-order valence-electron chi connectivity index (χ3n) is 13.2. The van der Waals surface area contributed by atoms with E-state index in [2.05, 4.69) is 31.6 Å². The van der Waals surface area contributed by atoms with E-state index in [0.717, 1.165) is 11.3 Å². The highest BCUT2D eigenvalue weighted by Gasteiger charge is 2.33. The molecule has 83 heavy (non-hydrogen) atoms. The normalized spacial score (nSPS) is 16.8. The van der Waals surface area contributed by atoms with Gasteiger partial charge in [0.25, 0.3) is 11.8 Å². The number of fused-ring (bicyclic) bond motifs is 14. The minimum absolute atomic E-state index is 0.0207. The van der Waals surface area contributed by atoms with E-state index < -0.39 is 72.1 Å². The van der Waals surface area contributed by atoms with Gasteiger partial charge in [-0.15, -0.1) is 68.0 Å². The Kier molecular flexibility index (Phi) is 19.4. The molecular weight excluding hydrogens is 1180 g/mol. The summed E-state index contributed by atoms with van der Waals surface area (Å²) in [6.45, 7) is 5.07. The van der Waals surface area contributed by atoms with Gasteiger partial charge < -0.3 is 47.3 Å². The molecule has 9 N–H and O–H groups in total. The van der Waals surface area contributed by atoms with Gasteiger partial charge in [-0.2, -0.15) is 0 Å². The molecule has 0 aliphatic carbocycles. The van der Waals surface area contributed by atoms with Crippen LogP contribution in [0, 0.1) is 18.8 Å². The Labute approximate surface area is 498 Å². The number of nitrogens with zero attached hydrogens (tertiary/aromatic N) is 7. The molecule has 0 saturated carbocycles. The third kappa shape index (κ3) is 14.1. The molecule has 8 heterocycles. The number of ketones is 1. The average molecular weight is 1240 g/mol. The average Bonchev–Trinajstić information content (AvgIpc) is 4.25. The fourth-order valence-corrected chi connectivity index (χ4v) is 14.3. The summed E-state index contributed by atoms with van der Waals surface area (Å²) in [6, 6.07) is 10.2. The Balaban J connectivity index is 1.12. The number of nitrogens with one attached hydrogen (secondary N) is 5. The van der Waals surface area contributed by atoms with E-state index in [-0.39, 0.29) is 73.4 Å². The number of benzene rings is 1. The minimum atomic E-state index is -1.28. The number of carboxylic acid groups (broad SMARTS) is 1. The number of methoxy groups -OCH3 is 1. The van der Waals surface area contributed by atoms with E-state index in [1.807, 2.05) is 13.8 Å². The first-order valence-corrected chi connectivity index (χ1v) is 30.9. The maximum absolute atomic E-state index is 14.3. The summed E-state index contributed by atoms with van der Waals surface area (Å²) in [5.74, 6) is -5.31. The number of nitrogens with two attached hydrogens (primary N) is 1. The van der Waals surface area contributed by atoms with Crippen LogP contribution >= 0.6 is 68.0 Å². The van der Waals surface area contributed by atoms with Gasteiger partial charge in [0.1, 0.15) is 77.2 Å². The number of amides is 5. The molecule has 9 rings (SSSR count). The number of ether oxygens (including phenoxy) is 1. The fraction of sp³-hybridized carbons (Fsp3) is 0.333. The first-order chi connectivity index (χ1) is 39.9. The van der Waals surface area contributed by atoms with E-state index in [1.54, 1.807) is 70.9 Å². The Hall–Kier alpha value is -7.48. The number of carbonyl (C=O) groups is 7. The number of hydrogen-bond donors (Lipinski definition) is 8. The molecule has 0 unspecified atom stereocenters. The van der Waals surface area contributed by atoms with Crippen LogP contribution in [0.3, 0.4) is 0 Å². The first-order valence-electron chi connectivity index (χ1n) is 25.8. The molecule has 0 saturated heterocycles. The highest BCUT2D eigenvalue weighted by Crippen LogP contribution is 2.41. The number of carbonyl (C=O) groups excluding carboxylic acids is 6. The zero-order chi connectivity index (χ0) is 59.1. The second kappa shape index (κ2) is 26.8. The Bertz CT molecular complexity index is 3700. The van der Waals surface area contributed by atoms with Gasteiger partial charge in [0.2, 0.25) is 17.7 Å². The van der Waals surface area contributed by atoms with Crippen molar-refractivity contribution in [2.75, 3.05) is 32.6 Å². The maximum atomic E-state index is 14.3. The van der Waals surface area contributed by atoms with Crippen molar-refractivity contribution in [3.05, 3.63) is 111 Å². The summed E-state index contributed by atoms with van der Waals surface area (Å²) in [7, 11) is 2.95. The van der Waals surface area contributed by atoms with E-state index in [4.69, 9.17) is 40.4 Å². The highest BCUT2D eigenvalue weighted by molar-refractivity contribution is 7.15. The van der Waals surface area contributed by atoms with Crippen LogP contribution in [0.15, 0.2) is 64.0 Å². The number of aliphatic carboxylic acids is 1. The maximum Gasteiger partial charge on any atom is 0.303 e. The fourth-order valence-electron chi connectivity index (χ4n) is 8.78. The molecule has 1 aliphatic rings. The van der Waals surface area contributed by atoms with Crippen LogP contribution in [0.4, 0.5) is 5.82 Å². The van der Waals surface area contributed by atoms with Crippen molar-refractivity contribution in [2.24, 2.45) is 17.6 Å². The van der Waals surface area contributed by atoms with Crippen molar-refractivity contribution in [3.8, 4) is 43.4 Å². The molecule has 432 valence electrons. The van der Waals surface area contributed by atoms with Gasteiger partial charge in [-0.25, -0.2) is 34.9 Å². The number of rotatable bonds is 14. The van der Waals surface area contributed by atoms with Crippen molar-refractivity contribution in [3.63, 3.8) is 0 Å². The van der Waals surface area contributed by atoms with Gasteiger partial charge in [0.05, 0.1) is 47.1 Å². The van der Waals surface area contributed by atoms with Crippen LogP contribution in [-0.2, 0) is 30.5 Å². The van der Waals surface area contributed by atoms with Crippen molar-refractivity contribution >= 4 is 115 Å². The van der Waals surface area contributed by atoms with E-state index in [0.29, 0.717) is 73.7 Å². The van der Waals surface area contributed by atoms with Gasteiger partial charge in [-0.3, -0.25) is 33.6 Å². The predicted octanol–water partition coefficient (Wildman–Crippen LogP) is 7.58. The van der Waals surface area contributed by atoms with E-state index >= 15 is 0 Å². The van der Waals surface area contributed by atoms with Crippen molar-refractivity contribution in [2.45, 2.75) is 77.2 Å². The molecule has 8 aromatic rings. The van der Waals surface area contributed by atoms with Crippen molar-refractivity contribution in [1.29, 1.82) is 0 Å². The summed E-state index contributed by atoms with van der Waals surface area (Å²) in [4.78, 5) is 129. The molecule has 0 spiro atoms. The number of aliphatic hydroxyl groups is 1. The number of carboxylic acids is 1. The van der Waals surface area contributed by atoms with Gasteiger partial charge >= 0.3 is 5.97 Å². The molecule has 0 radical (unpaired) electrons. The second-order valence-corrected chi connectivity index (χ2v) is 25.1. The molecule has 5 atom stereocenters. The lowest BCUT2D eigenvalue weighted by Crippen LogP contribution is -2.40. The summed E-state index contributed by atoms with van der Waals surface area (Å²) in [5, 5.41) is 44.0. The number of pyridine rings is 1. The van der Waals surface area contributed by atoms with Crippen LogP contribution in [-0.4, -0.2) is 114 Å². The lowest BCUT2D eigenvalue weighted by atomic mass is 9.90. The van der Waals surface area contributed by atoms with Gasteiger partial charge in [-0.1, -0.05) is 44.2 Å². The van der Waals surface area contributed by atoms with E-state index in [9.17, 15) is 43.8 Å². The standard InChI is InChI=1S/C54H55N13O10S6/c1-24(2)29-15-35(68)41-25(3)82-53(66-41)31(16-38(69)56-4)59-47(75)33-21-78-49(61-33)28-12-13-30(51-64-37(23-81-51)63-46(74)27(17-55)11-14-40(71)72)58-42(28)32-20-79-52(60-32)34-22-80-54(62-34)44(45(73)26-9-7-6-8-10-26)65-39(70)18-57-48(76)43-36(19-77-5)83-50(29)67-43/h6-10,12-13,20-24,27,29,31,44-45,73H,11,14-19,55H2,1-5H3,(H,56,69)(H,57,76)(H,59,75)(H,63,74)(H,65,70)(H,71,72)/t27-,29-,31-,44-,45-/m0/s1. The highest BCUT2D eigenvalue weighted by atomic mass is 32.1. The molecular formula is C54H55N13O10S6. The molecule has 0 fully saturated rings. The second-order valence-electron chi connectivity index (χ2n) is 19.3. The number of aryl methyl sites for hydroxylation is 1. The molecule has 1 aromatic carbocycles. The Morgan fingerprint density at radius 1 is 0.771 bits per heavy atom. The zero-order valence-corrected chi connectivity index (χ0v) is 50.0. The molecule has 5 amide bonds. The summed E-state index contributed by atoms with van der Waals surface area (Å²) in [6.07, 6.45) is -1.72. The van der Waals surface area contributed by atoms with Crippen LogP contribution in [0.5, 0.6) is 0 Å².